The van der Waals surface area contributed by atoms with E-state index in [9.17, 15) is 14.4 Å². The average Bonchev–Trinajstić information content (AvgIpc) is 3.16. The summed E-state index contributed by atoms with van der Waals surface area (Å²) in [5.74, 6) is -0.976. The molecule has 3 aromatic rings. The van der Waals surface area contributed by atoms with Gasteiger partial charge < -0.3 is 9.88 Å². The van der Waals surface area contributed by atoms with Gasteiger partial charge in [0.05, 0.1) is 5.75 Å². The van der Waals surface area contributed by atoms with Crippen molar-refractivity contribution in [2.75, 3.05) is 11.1 Å². The molecule has 9 nitrogen and oxygen atoms in total. The largest absolute Gasteiger partial charge is 0.329 e. The maximum Gasteiger partial charge on any atom is 0.288 e. The number of benzene rings is 1. The van der Waals surface area contributed by atoms with Crippen LogP contribution in [0.4, 0.5) is 5.69 Å². The normalized spacial score (nSPS) is 10.2. The smallest absolute Gasteiger partial charge is 0.288 e. The Hall–Kier alpha value is -3.66. The minimum atomic E-state index is -0.520. The molecule has 0 atom stereocenters. The van der Waals surface area contributed by atoms with Crippen LogP contribution in [0.25, 0.3) is 0 Å². The number of thioether (sulfide) groups is 1. The summed E-state index contributed by atoms with van der Waals surface area (Å²) in [4.78, 5) is 44.1. The van der Waals surface area contributed by atoms with E-state index < -0.39 is 11.8 Å². The zero-order valence-electron chi connectivity index (χ0n) is 15.5. The van der Waals surface area contributed by atoms with Gasteiger partial charge in [-0.25, -0.2) is 4.98 Å². The van der Waals surface area contributed by atoms with Crippen LogP contribution >= 0.6 is 11.8 Å². The molecule has 0 bridgehead atoms. The SMILES string of the molecule is Cn1ccnc1SCC(=O)Nc1ccc(C(=O)NNC(=O)c2ccccn2)cc1. The Balaban J connectivity index is 1.47. The number of carbonyl (C=O) groups is 3. The number of anilines is 1. The van der Waals surface area contributed by atoms with Crippen molar-refractivity contribution in [2.45, 2.75) is 5.16 Å². The van der Waals surface area contributed by atoms with Crippen LogP contribution in [0, 0.1) is 0 Å². The summed E-state index contributed by atoms with van der Waals surface area (Å²) in [7, 11) is 1.86. The van der Waals surface area contributed by atoms with Gasteiger partial charge in [-0.15, -0.1) is 0 Å². The quantitative estimate of drug-likeness (QED) is 0.420. The van der Waals surface area contributed by atoms with E-state index in [1.54, 1.807) is 42.6 Å². The molecule has 2 heterocycles. The molecule has 3 N–H and O–H groups in total. The second kappa shape index (κ2) is 9.51. The molecule has 0 aliphatic heterocycles. The van der Waals surface area contributed by atoms with E-state index in [1.807, 2.05) is 17.8 Å². The lowest BCUT2D eigenvalue weighted by Gasteiger charge is -2.08. The summed E-state index contributed by atoms with van der Waals surface area (Å²) in [6, 6.07) is 11.2. The number of hydrazine groups is 1. The molecule has 10 heteroatoms. The molecular formula is C19H18N6O3S. The highest BCUT2D eigenvalue weighted by atomic mass is 32.2. The number of nitrogens with one attached hydrogen (secondary N) is 3. The lowest BCUT2D eigenvalue weighted by molar-refractivity contribution is -0.113. The number of hydrogen-bond acceptors (Lipinski definition) is 6. The maximum atomic E-state index is 12.1. The zero-order chi connectivity index (χ0) is 20.6. The molecule has 0 saturated heterocycles. The third-order valence-corrected chi connectivity index (χ3v) is 4.79. The molecule has 0 aliphatic carbocycles. The van der Waals surface area contributed by atoms with Crippen LogP contribution in [0.5, 0.6) is 0 Å². The molecule has 29 heavy (non-hydrogen) atoms. The number of rotatable bonds is 6. The molecule has 2 aromatic heterocycles. The van der Waals surface area contributed by atoms with Gasteiger partial charge in [0.15, 0.2) is 5.16 Å². The van der Waals surface area contributed by atoms with E-state index in [0.717, 1.165) is 5.16 Å². The molecule has 0 radical (unpaired) electrons. The van der Waals surface area contributed by atoms with Gasteiger partial charge in [-0.2, -0.15) is 0 Å². The van der Waals surface area contributed by atoms with Crippen LogP contribution in [0.1, 0.15) is 20.8 Å². The Kier molecular flexibility index (Phi) is 6.59. The Morgan fingerprint density at radius 3 is 2.38 bits per heavy atom. The predicted octanol–water partition coefficient (Wildman–Crippen LogP) is 1.62. The van der Waals surface area contributed by atoms with Crippen LogP contribution in [-0.2, 0) is 11.8 Å². The van der Waals surface area contributed by atoms with Crippen molar-refractivity contribution in [3.05, 3.63) is 72.3 Å². The predicted molar refractivity (Wildman–Crippen MR) is 108 cm³/mol. The van der Waals surface area contributed by atoms with Crippen molar-refractivity contribution in [3.63, 3.8) is 0 Å². The fraction of sp³-hybridized carbons (Fsp3) is 0.105. The Morgan fingerprint density at radius 1 is 0.966 bits per heavy atom. The number of carbonyl (C=O) groups excluding carboxylic acids is 3. The second-order valence-electron chi connectivity index (χ2n) is 5.86. The van der Waals surface area contributed by atoms with Crippen molar-refractivity contribution < 1.29 is 14.4 Å². The number of amides is 3. The third kappa shape index (κ3) is 5.66. The number of pyridine rings is 1. The Labute approximate surface area is 170 Å². The van der Waals surface area contributed by atoms with Gasteiger partial charge in [0.2, 0.25) is 5.91 Å². The van der Waals surface area contributed by atoms with Gasteiger partial charge in [0.1, 0.15) is 5.69 Å². The highest BCUT2D eigenvalue weighted by Gasteiger charge is 2.11. The first kappa shape index (κ1) is 20.1. The molecule has 0 fully saturated rings. The van der Waals surface area contributed by atoms with Crippen molar-refractivity contribution in [3.8, 4) is 0 Å². The molecule has 0 unspecified atom stereocenters. The van der Waals surface area contributed by atoms with Crippen LogP contribution in [0.2, 0.25) is 0 Å². The first-order valence-corrected chi connectivity index (χ1v) is 9.53. The number of hydrogen-bond donors (Lipinski definition) is 3. The lowest BCUT2D eigenvalue weighted by atomic mass is 10.2. The Morgan fingerprint density at radius 2 is 1.72 bits per heavy atom. The van der Waals surface area contributed by atoms with Crippen LogP contribution < -0.4 is 16.2 Å². The molecule has 0 saturated carbocycles. The van der Waals surface area contributed by atoms with Crippen molar-refractivity contribution >= 4 is 35.2 Å². The van der Waals surface area contributed by atoms with E-state index in [0.29, 0.717) is 11.3 Å². The number of aromatic nitrogens is 3. The van der Waals surface area contributed by atoms with Crippen molar-refractivity contribution in [2.24, 2.45) is 7.05 Å². The summed E-state index contributed by atoms with van der Waals surface area (Å²) in [6.45, 7) is 0. The summed E-state index contributed by atoms with van der Waals surface area (Å²) < 4.78 is 1.83. The molecule has 148 valence electrons. The first-order chi connectivity index (χ1) is 14.0. The molecular weight excluding hydrogens is 392 g/mol. The van der Waals surface area contributed by atoms with E-state index in [-0.39, 0.29) is 17.4 Å². The minimum absolute atomic E-state index is 0.183. The van der Waals surface area contributed by atoms with Gasteiger partial charge in [-0.05, 0) is 36.4 Å². The van der Waals surface area contributed by atoms with Crippen LogP contribution in [0.15, 0.2) is 66.2 Å². The van der Waals surface area contributed by atoms with E-state index >= 15 is 0 Å². The van der Waals surface area contributed by atoms with Gasteiger partial charge in [-0.3, -0.25) is 30.2 Å². The zero-order valence-corrected chi connectivity index (χ0v) is 16.3. The average molecular weight is 410 g/mol. The fourth-order valence-corrected chi connectivity index (χ4v) is 3.00. The summed E-state index contributed by atoms with van der Waals surface area (Å²) in [5, 5.41) is 3.51. The van der Waals surface area contributed by atoms with E-state index in [2.05, 4.69) is 26.1 Å². The number of imidazole rings is 1. The van der Waals surface area contributed by atoms with Gasteiger partial charge in [0.25, 0.3) is 11.8 Å². The molecule has 0 spiro atoms. The highest BCUT2D eigenvalue weighted by molar-refractivity contribution is 7.99. The molecule has 0 aliphatic rings. The summed E-state index contributed by atoms with van der Waals surface area (Å²) >= 11 is 1.33. The fourth-order valence-electron chi connectivity index (χ4n) is 2.27. The van der Waals surface area contributed by atoms with Crippen LogP contribution in [0.3, 0.4) is 0 Å². The van der Waals surface area contributed by atoms with E-state index in [4.69, 9.17) is 0 Å². The van der Waals surface area contributed by atoms with Crippen LogP contribution in [-0.4, -0.2) is 38.0 Å². The minimum Gasteiger partial charge on any atom is -0.329 e. The first-order valence-electron chi connectivity index (χ1n) is 8.54. The number of aryl methyl sites for hydroxylation is 1. The molecule has 1 aromatic carbocycles. The van der Waals surface area contributed by atoms with Crippen molar-refractivity contribution in [1.29, 1.82) is 0 Å². The van der Waals surface area contributed by atoms with Gasteiger partial charge >= 0.3 is 0 Å². The molecule has 3 rings (SSSR count). The Bertz CT molecular complexity index is 1000. The standard InChI is InChI=1S/C19H18N6O3S/c1-25-11-10-21-19(25)29-12-16(26)22-14-7-5-13(6-8-14)17(27)23-24-18(28)15-4-2-3-9-20-15/h2-11H,12H2,1H3,(H,22,26)(H,23,27)(H,24,28). The highest BCUT2D eigenvalue weighted by Crippen LogP contribution is 2.15. The summed E-state index contributed by atoms with van der Waals surface area (Å²) in [5.41, 5.74) is 5.69. The monoisotopic (exact) mass is 410 g/mol. The second-order valence-corrected chi connectivity index (χ2v) is 6.80. The topological polar surface area (TPSA) is 118 Å². The third-order valence-electron chi connectivity index (χ3n) is 3.73. The van der Waals surface area contributed by atoms with Crippen molar-refractivity contribution in [1.82, 2.24) is 25.4 Å². The lowest BCUT2D eigenvalue weighted by Crippen LogP contribution is -2.41. The van der Waals surface area contributed by atoms with E-state index in [1.165, 1.54) is 24.0 Å². The molecule has 3 amide bonds. The maximum absolute atomic E-state index is 12.1. The van der Waals surface area contributed by atoms with Gasteiger partial charge in [0, 0.05) is 36.9 Å². The summed E-state index contributed by atoms with van der Waals surface area (Å²) in [6.07, 6.45) is 4.96. The number of nitrogens with zero attached hydrogens (tertiary/aromatic N) is 3. The van der Waals surface area contributed by atoms with Gasteiger partial charge in [-0.1, -0.05) is 17.8 Å².